The second-order valence-corrected chi connectivity index (χ2v) is 9.93. The number of ether oxygens (including phenoxy) is 3. The normalized spacial score (nSPS) is 19.3. The van der Waals surface area contributed by atoms with E-state index in [0.29, 0.717) is 13.0 Å². The summed E-state index contributed by atoms with van der Waals surface area (Å²) in [6.07, 6.45) is 17.7. The van der Waals surface area contributed by atoms with Crippen LogP contribution in [0.3, 0.4) is 0 Å². The highest BCUT2D eigenvalue weighted by atomic mass is 16.7. The van der Waals surface area contributed by atoms with Crippen LogP contribution >= 0.6 is 0 Å². The van der Waals surface area contributed by atoms with Crippen molar-refractivity contribution in [2.24, 2.45) is 5.92 Å². The summed E-state index contributed by atoms with van der Waals surface area (Å²) in [6.45, 7) is 9.80. The number of rotatable bonds is 18. The van der Waals surface area contributed by atoms with Crippen molar-refractivity contribution in [3.8, 4) is 0 Å². The first-order valence-electron chi connectivity index (χ1n) is 13.9. The predicted molar refractivity (Wildman–Crippen MR) is 145 cm³/mol. The van der Waals surface area contributed by atoms with Gasteiger partial charge in [0, 0.05) is 13.0 Å². The largest absolute Gasteiger partial charge is 0.429 e. The quantitative estimate of drug-likeness (QED) is 0.119. The lowest BCUT2D eigenvalue weighted by Gasteiger charge is -2.33. The van der Waals surface area contributed by atoms with E-state index in [0.717, 1.165) is 56.3 Å². The summed E-state index contributed by atoms with van der Waals surface area (Å²) in [7, 11) is 0. The van der Waals surface area contributed by atoms with E-state index >= 15 is 0 Å². The van der Waals surface area contributed by atoms with Gasteiger partial charge >= 0.3 is 5.97 Å². The van der Waals surface area contributed by atoms with Crippen LogP contribution in [-0.4, -0.2) is 31.1 Å². The minimum absolute atomic E-state index is 0.153. The molecule has 0 radical (unpaired) electrons. The molecule has 1 aromatic carbocycles. The monoisotopic (exact) mass is 484 g/mol. The molecule has 4 heteroatoms. The molecule has 0 saturated carbocycles. The third-order valence-corrected chi connectivity index (χ3v) is 6.66. The van der Waals surface area contributed by atoms with Gasteiger partial charge in [-0.05, 0) is 49.8 Å². The number of hydrogen-bond donors (Lipinski definition) is 0. The lowest BCUT2D eigenvalue weighted by atomic mass is 9.96. The van der Waals surface area contributed by atoms with Crippen LogP contribution in [0, 0.1) is 5.92 Å². The van der Waals surface area contributed by atoms with E-state index in [1.807, 2.05) is 37.3 Å². The zero-order valence-corrected chi connectivity index (χ0v) is 22.6. The van der Waals surface area contributed by atoms with Crippen LogP contribution in [0.4, 0.5) is 0 Å². The van der Waals surface area contributed by atoms with E-state index in [9.17, 15) is 4.79 Å². The van der Waals surface area contributed by atoms with Gasteiger partial charge in [-0.1, -0.05) is 102 Å². The van der Waals surface area contributed by atoms with Crippen LogP contribution in [0.1, 0.15) is 104 Å². The highest BCUT2D eigenvalue weighted by molar-refractivity contribution is 5.76. The molecule has 0 heterocycles. The SMILES string of the molecule is CCCCCCCCOC1(OC(=O)[C@@H](C)CC[C@H](C)OCCCC)C=CC(c2ccccc2)=CC1. The van der Waals surface area contributed by atoms with E-state index in [1.165, 1.54) is 25.7 Å². The van der Waals surface area contributed by atoms with Crippen molar-refractivity contribution >= 4 is 11.5 Å². The van der Waals surface area contributed by atoms with Crippen molar-refractivity contribution in [2.45, 2.75) is 110 Å². The smallest absolute Gasteiger partial charge is 0.311 e. The Morgan fingerprint density at radius 3 is 2.31 bits per heavy atom. The zero-order valence-electron chi connectivity index (χ0n) is 22.6. The van der Waals surface area contributed by atoms with Gasteiger partial charge in [0.25, 0.3) is 0 Å². The number of allylic oxidation sites excluding steroid dienone is 2. The Balaban J connectivity index is 1.93. The van der Waals surface area contributed by atoms with E-state index in [1.54, 1.807) is 0 Å². The van der Waals surface area contributed by atoms with Gasteiger partial charge in [-0.15, -0.1) is 0 Å². The maximum atomic E-state index is 13.1. The summed E-state index contributed by atoms with van der Waals surface area (Å²) in [4.78, 5) is 13.1. The van der Waals surface area contributed by atoms with Crippen molar-refractivity contribution < 1.29 is 19.0 Å². The first-order valence-corrected chi connectivity index (χ1v) is 13.9. The topological polar surface area (TPSA) is 44.8 Å². The molecule has 35 heavy (non-hydrogen) atoms. The Morgan fingerprint density at radius 2 is 1.63 bits per heavy atom. The second-order valence-electron chi connectivity index (χ2n) is 9.93. The van der Waals surface area contributed by atoms with Gasteiger partial charge in [0.05, 0.1) is 18.6 Å². The minimum atomic E-state index is -1.02. The highest BCUT2D eigenvalue weighted by Gasteiger charge is 2.35. The lowest BCUT2D eigenvalue weighted by Crippen LogP contribution is -2.39. The van der Waals surface area contributed by atoms with Gasteiger partial charge in [-0.2, -0.15) is 0 Å². The molecule has 0 amide bonds. The summed E-state index contributed by atoms with van der Waals surface area (Å²) in [6, 6.07) is 10.3. The zero-order chi connectivity index (χ0) is 25.4. The number of benzene rings is 1. The van der Waals surface area contributed by atoms with Crippen molar-refractivity contribution in [3.63, 3.8) is 0 Å². The number of hydrogen-bond acceptors (Lipinski definition) is 4. The summed E-state index contributed by atoms with van der Waals surface area (Å²) in [5, 5.41) is 0. The van der Waals surface area contributed by atoms with Crippen LogP contribution in [-0.2, 0) is 19.0 Å². The molecule has 0 N–H and O–H groups in total. The van der Waals surface area contributed by atoms with Gasteiger partial charge in [-0.3, -0.25) is 4.79 Å². The molecule has 0 spiro atoms. The first kappa shape index (κ1) is 29.3. The molecule has 4 nitrogen and oxygen atoms in total. The van der Waals surface area contributed by atoms with E-state index in [2.05, 4.69) is 39.0 Å². The Hall–Kier alpha value is -1.91. The summed E-state index contributed by atoms with van der Waals surface area (Å²) < 4.78 is 18.2. The second kappa shape index (κ2) is 16.7. The first-order chi connectivity index (χ1) is 17.0. The fraction of sp³-hybridized carbons (Fsp3) is 0.645. The molecule has 1 aliphatic rings. The lowest BCUT2D eigenvalue weighted by molar-refractivity contribution is -0.213. The Bertz CT molecular complexity index is 769. The third kappa shape index (κ3) is 11.1. The van der Waals surface area contributed by atoms with Crippen molar-refractivity contribution in [2.75, 3.05) is 13.2 Å². The van der Waals surface area contributed by atoms with Gasteiger partial charge in [-0.25, -0.2) is 0 Å². The summed E-state index contributed by atoms with van der Waals surface area (Å²) >= 11 is 0. The van der Waals surface area contributed by atoms with Crippen molar-refractivity contribution in [1.82, 2.24) is 0 Å². The highest BCUT2D eigenvalue weighted by Crippen LogP contribution is 2.32. The molecule has 3 atom stereocenters. The molecule has 1 unspecified atom stereocenters. The summed E-state index contributed by atoms with van der Waals surface area (Å²) in [5.74, 6) is -1.42. The Kier molecular flexibility index (Phi) is 14.0. The molecule has 1 aromatic rings. The average molecular weight is 485 g/mol. The third-order valence-electron chi connectivity index (χ3n) is 6.66. The molecule has 0 aliphatic heterocycles. The van der Waals surface area contributed by atoms with Gasteiger partial charge in [0.1, 0.15) is 0 Å². The molecule has 196 valence electrons. The van der Waals surface area contributed by atoms with E-state index in [-0.39, 0.29) is 18.0 Å². The fourth-order valence-corrected chi connectivity index (χ4v) is 4.17. The molecule has 0 bridgehead atoms. The van der Waals surface area contributed by atoms with Crippen molar-refractivity contribution in [1.29, 1.82) is 0 Å². The van der Waals surface area contributed by atoms with Gasteiger partial charge in [0.2, 0.25) is 5.79 Å². The van der Waals surface area contributed by atoms with Crippen LogP contribution in [0.5, 0.6) is 0 Å². The predicted octanol–water partition coefficient (Wildman–Crippen LogP) is 8.27. The standard InChI is InChI=1S/C31H48O4/c1-5-7-9-10-11-15-25-34-31(22-20-29(21-23-31)28-16-13-12-14-17-28)35-30(32)26(3)18-19-27(4)33-24-8-6-2/h12-14,16-17,20-22,26-27H,5-11,15,18-19,23-25H2,1-4H3/t26-,27-,31?/m0/s1. The van der Waals surface area contributed by atoms with Crippen LogP contribution in [0.25, 0.3) is 5.57 Å². The molecule has 0 saturated heterocycles. The summed E-state index contributed by atoms with van der Waals surface area (Å²) in [5.41, 5.74) is 2.29. The van der Waals surface area contributed by atoms with E-state index < -0.39 is 5.79 Å². The number of carbonyl (C=O) groups is 1. The molecule has 2 rings (SSSR count). The number of carbonyl (C=O) groups excluding carboxylic acids is 1. The molecular weight excluding hydrogens is 436 g/mol. The van der Waals surface area contributed by atoms with Gasteiger partial charge in [0.15, 0.2) is 0 Å². The molecular formula is C31H48O4. The maximum absolute atomic E-state index is 13.1. The minimum Gasteiger partial charge on any atom is -0.429 e. The van der Waals surface area contributed by atoms with E-state index in [4.69, 9.17) is 14.2 Å². The van der Waals surface area contributed by atoms with Crippen LogP contribution in [0.15, 0.2) is 48.6 Å². The Labute approximate surface area is 214 Å². The number of esters is 1. The fourth-order valence-electron chi connectivity index (χ4n) is 4.17. The van der Waals surface area contributed by atoms with Crippen molar-refractivity contribution in [3.05, 3.63) is 54.1 Å². The molecule has 1 aliphatic carbocycles. The van der Waals surface area contributed by atoms with Crippen LogP contribution in [0.2, 0.25) is 0 Å². The van der Waals surface area contributed by atoms with Crippen LogP contribution < -0.4 is 0 Å². The molecule has 0 aromatic heterocycles. The average Bonchev–Trinajstić information content (AvgIpc) is 2.88. The Morgan fingerprint density at radius 1 is 0.914 bits per heavy atom. The van der Waals surface area contributed by atoms with Gasteiger partial charge < -0.3 is 14.2 Å². The number of unbranched alkanes of at least 4 members (excludes halogenated alkanes) is 6. The maximum Gasteiger partial charge on any atom is 0.311 e. The molecule has 0 fully saturated rings.